The predicted octanol–water partition coefficient (Wildman–Crippen LogP) is 3.90. The third-order valence-corrected chi connectivity index (χ3v) is 5.38. The number of hydrogen-bond acceptors (Lipinski definition) is 5. The molecule has 1 fully saturated rings. The van der Waals surface area contributed by atoms with E-state index in [1.165, 1.54) is 11.8 Å². The third kappa shape index (κ3) is 7.11. The molecule has 0 atom stereocenters. The van der Waals surface area contributed by atoms with Crippen molar-refractivity contribution in [3.8, 4) is 0 Å². The number of carbonyl (C=O) groups excluding carboxylic acids is 3. The lowest BCUT2D eigenvalue weighted by Crippen LogP contribution is -2.28. The van der Waals surface area contributed by atoms with E-state index in [1.54, 1.807) is 36.4 Å². The molecular formula is C21H21ClN2O4S. The number of rotatable bonds is 9. The van der Waals surface area contributed by atoms with Crippen LogP contribution in [0.3, 0.4) is 0 Å². The van der Waals surface area contributed by atoms with Gasteiger partial charge in [0, 0.05) is 21.7 Å². The molecule has 2 aromatic carbocycles. The van der Waals surface area contributed by atoms with Crippen LogP contribution in [0.4, 0.5) is 5.69 Å². The average Bonchev–Trinajstić information content (AvgIpc) is 3.52. The first-order chi connectivity index (χ1) is 14.0. The molecule has 29 heavy (non-hydrogen) atoms. The van der Waals surface area contributed by atoms with Gasteiger partial charge in [-0.15, -0.1) is 11.8 Å². The van der Waals surface area contributed by atoms with E-state index in [2.05, 4.69) is 10.6 Å². The molecule has 1 saturated carbocycles. The number of nitrogens with one attached hydrogen (secondary N) is 2. The molecule has 152 valence electrons. The van der Waals surface area contributed by atoms with Crippen molar-refractivity contribution in [2.45, 2.75) is 30.2 Å². The van der Waals surface area contributed by atoms with Crippen LogP contribution >= 0.6 is 23.4 Å². The second kappa shape index (κ2) is 10.3. The lowest BCUT2D eigenvalue weighted by Gasteiger charge is -2.11. The molecule has 0 unspecified atom stereocenters. The molecule has 1 aliphatic carbocycles. The minimum Gasteiger partial charge on any atom is -0.456 e. The molecule has 0 saturated heterocycles. The molecule has 8 heteroatoms. The quantitative estimate of drug-likeness (QED) is 0.463. The van der Waals surface area contributed by atoms with Crippen molar-refractivity contribution in [3.63, 3.8) is 0 Å². The summed E-state index contributed by atoms with van der Waals surface area (Å²) in [7, 11) is 0. The molecule has 0 aliphatic heterocycles. The Kier molecular flexibility index (Phi) is 7.55. The van der Waals surface area contributed by atoms with Gasteiger partial charge in [-0.1, -0.05) is 23.7 Å². The molecule has 2 amide bonds. The maximum Gasteiger partial charge on any atom is 0.307 e. The smallest absolute Gasteiger partial charge is 0.307 e. The standard InChI is InChI=1S/C21H21ClN2O4S/c22-14-5-9-16(10-6-14)29-12-11-20(26)28-13-19(25)24-18-4-2-1-3-17(18)21(27)23-15-7-8-15/h1-6,9-10,15H,7-8,11-13H2,(H,23,27)(H,24,25). The van der Waals surface area contributed by atoms with Gasteiger partial charge in [-0.3, -0.25) is 14.4 Å². The summed E-state index contributed by atoms with van der Waals surface area (Å²) in [4.78, 5) is 37.2. The van der Waals surface area contributed by atoms with Gasteiger partial charge in [0.1, 0.15) is 0 Å². The Balaban J connectivity index is 1.40. The number of para-hydroxylation sites is 1. The Morgan fingerprint density at radius 3 is 2.52 bits per heavy atom. The lowest BCUT2D eigenvalue weighted by atomic mass is 10.1. The molecule has 2 N–H and O–H groups in total. The van der Waals surface area contributed by atoms with Crippen LogP contribution in [0.5, 0.6) is 0 Å². The van der Waals surface area contributed by atoms with Crippen molar-refractivity contribution in [2.75, 3.05) is 17.7 Å². The van der Waals surface area contributed by atoms with Crippen LogP contribution in [0.15, 0.2) is 53.4 Å². The minimum atomic E-state index is -0.490. The SMILES string of the molecule is O=C(COC(=O)CCSc1ccc(Cl)cc1)Nc1ccccc1C(=O)NC1CC1. The van der Waals surface area contributed by atoms with Gasteiger partial charge in [-0.2, -0.15) is 0 Å². The summed E-state index contributed by atoms with van der Waals surface area (Å²) in [6.45, 7) is -0.400. The van der Waals surface area contributed by atoms with Gasteiger partial charge < -0.3 is 15.4 Å². The third-order valence-electron chi connectivity index (χ3n) is 4.11. The summed E-state index contributed by atoms with van der Waals surface area (Å²) < 4.78 is 5.02. The maximum absolute atomic E-state index is 12.3. The number of benzene rings is 2. The molecule has 0 aromatic heterocycles. The number of esters is 1. The van der Waals surface area contributed by atoms with E-state index in [9.17, 15) is 14.4 Å². The molecular weight excluding hydrogens is 412 g/mol. The first-order valence-corrected chi connectivity index (χ1v) is 10.6. The highest BCUT2D eigenvalue weighted by molar-refractivity contribution is 7.99. The second-order valence-electron chi connectivity index (χ2n) is 6.55. The number of carbonyl (C=O) groups is 3. The Morgan fingerprint density at radius 1 is 1.07 bits per heavy atom. The van der Waals surface area contributed by atoms with Gasteiger partial charge in [0.05, 0.1) is 17.7 Å². The highest BCUT2D eigenvalue weighted by Crippen LogP contribution is 2.22. The Bertz CT molecular complexity index is 885. The zero-order valence-corrected chi connectivity index (χ0v) is 17.2. The van der Waals surface area contributed by atoms with Crippen molar-refractivity contribution in [2.24, 2.45) is 0 Å². The average molecular weight is 433 g/mol. The van der Waals surface area contributed by atoms with Crippen molar-refractivity contribution in [3.05, 3.63) is 59.1 Å². The molecule has 1 aliphatic rings. The maximum atomic E-state index is 12.3. The van der Waals surface area contributed by atoms with E-state index in [4.69, 9.17) is 16.3 Å². The molecule has 6 nitrogen and oxygen atoms in total. The van der Waals surface area contributed by atoms with Crippen LogP contribution in [0.1, 0.15) is 29.6 Å². The number of amides is 2. The van der Waals surface area contributed by atoms with Crippen molar-refractivity contribution >= 4 is 46.8 Å². The first-order valence-electron chi connectivity index (χ1n) is 9.25. The van der Waals surface area contributed by atoms with Crippen LogP contribution in [0.25, 0.3) is 0 Å². The normalized spacial score (nSPS) is 12.9. The van der Waals surface area contributed by atoms with E-state index in [-0.39, 0.29) is 18.4 Å². The zero-order chi connectivity index (χ0) is 20.6. The largest absolute Gasteiger partial charge is 0.456 e. The lowest BCUT2D eigenvalue weighted by molar-refractivity contribution is -0.146. The van der Waals surface area contributed by atoms with Gasteiger partial charge in [0.15, 0.2) is 6.61 Å². The van der Waals surface area contributed by atoms with Crippen LogP contribution in [-0.2, 0) is 14.3 Å². The van der Waals surface area contributed by atoms with Gasteiger partial charge in [0.25, 0.3) is 11.8 Å². The van der Waals surface area contributed by atoms with Crippen molar-refractivity contribution < 1.29 is 19.1 Å². The van der Waals surface area contributed by atoms with Crippen molar-refractivity contribution in [1.29, 1.82) is 0 Å². The Morgan fingerprint density at radius 2 is 1.79 bits per heavy atom. The fraction of sp³-hybridized carbons (Fsp3) is 0.286. The number of halogens is 1. The van der Waals surface area contributed by atoms with Gasteiger partial charge in [0.2, 0.25) is 0 Å². The molecule has 0 heterocycles. The summed E-state index contributed by atoms with van der Waals surface area (Å²) in [5.74, 6) is -0.636. The fourth-order valence-corrected chi connectivity index (χ4v) is 3.43. The Labute approximate surface area is 178 Å². The summed E-state index contributed by atoms with van der Waals surface area (Å²) in [6.07, 6.45) is 2.14. The minimum absolute atomic E-state index is 0.182. The summed E-state index contributed by atoms with van der Waals surface area (Å²) >= 11 is 7.34. The van der Waals surface area contributed by atoms with E-state index in [1.807, 2.05) is 12.1 Å². The molecule has 0 spiro atoms. The highest BCUT2D eigenvalue weighted by atomic mass is 35.5. The van der Waals surface area contributed by atoms with Crippen LogP contribution in [0.2, 0.25) is 5.02 Å². The summed E-state index contributed by atoms with van der Waals surface area (Å²) in [5.41, 5.74) is 0.781. The molecule has 0 radical (unpaired) electrons. The molecule has 3 rings (SSSR count). The number of anilines is 1. The highest BCUT2D eigenvalue weighted by Gasteiger charge is 2.25. The number of thioether (sulfide) groups is 1. The topological polar surface area (TPSA) is 84.5 Å². The zero-order valence-electron chi connectivity index (χ0n) is 15.7. The Hall–Kier alpha value is -2.51. The number of hydrogen-bond donors (Lipinski definition) is 2. The monoisotopic (exact) mass is 432 g/mol. The van der Waals surface area contributed by atoms with Gasteiger partial charge >= 0.3 is 5.97 Å². The van der Waals surface area contributed by atoms with Gasteiger partial charge in [-0.05, 0) is 49.2 Å². The first kappa shape index (κ1) is 21.2. The number of ether oxygens (including phenoxy) is 1. The van der Waals surface area contributed by atoms with Crippen LogP contribution in [-0.4, -0.2) is 36.2 Å². The van der Waals surface area contributed by atoms with Crippen molar-refractivity contribution in [1.82, 2.24) is 5.32 Å². The van der Waals surface area contributed by atoms with Gasteiger partial charge in [-0.25, -0.2) is 0 Å². The predicted molar refractivity (Wildman–Crippen MR) is 113 cm³/mol. The van der Waals surface area contributed by atoms with E-state index in [0.29, 0.717) is 22.0 Å². The molecule has 2 aromatic rings. The molecule has 0 bridgehead atoms. The van der Waals surface area contributed by atoms with Crippen LogP contribution in [0, 0.1) is 0 Å². The van der Waals surface area contributed by atoms with Crippen LogP contribution < -0.4 is 10.6 Å². The summed E-state index contributed by atoms with van der Waals surface area (Å²) in [6, 6.07) is 14.3. The van der Waals surface area contributed by atoms with E-state index >= 15 is 0 Å². The fourth-order valence-electron chi connectivity index (χ4n) is 2.47. The summed E-state index contributed by atoms with van der Waals surface area (Å²) in [5, 5.41) is 6.18. The van der Waals surface area contributed by atoms with E-state index in [0.717, 1.165) is 17.7 Å². The van der Waals surface area contributed by atoms with E-state index < -0.39 is 18.5 Å². The second-order valence-corrected chi connectivity index (χ2v) is 8.16.